The average Bonchev–Trinajstić information content (AvgIpc) is 2.82. The van der Waals surface area contributed by atoms with E-state index < -0.39 is 11.9 Å². The summed E-state index contributed by atoms with van der Waals surface area (Å²) in [4.78, 5) is 26.3. The molecule has 1 atom stereocenters. The first kappa shape index (κ1) is 22.5. The number of ketones is 1. The summed E-state index contributed by atoms with van der Waals surface area (Å²) in [5.74, 6) is -0.161. The summed E-state index contributed by atoms with van der Waals surface area (Å²) < 4.78 is 16.0. The number of rotatable bonds is 6. The normalized spacial score (nSPS) is 17.9. The molecule has 0 spiro atoms. The Morgan fingerprint density at radius 2 is 1.85 bits per heavy atom. The minimum absolute atomic E-state index is 0.00277. The molecule has 2 aromatic carbocycles. The molecule has 0 radical (unpaired) electrons. The molecule has 0 bridgehead atoms. The Bertz CT molecular complexity index is 1150. The number of ether oxygens (including phenoxy) is 3. The van der Waals surface area contributed by atoms with Gasteiger partial charge in [0.1, 0.15) is 12.4 Å². The molecule has 1 unspecified atom stereocenters. The van der Waals surface area contributed by atoms with Crippen LogP contribution in [0.3, 0.4) is 0 Å². The van der Waals surface area contributed by atoms with Crippen molar-refractivity contribution in [2.75, 3.05) is 14.2 Å². The van der Waals surface area contributed by atoms with E-state index in [0.29, 0.717) is 34.6 Å². The van der Waals surface area contributed by atoms with Crippen LogP contribution in [0, 0.1) is 0 Å². The van der Waals surface area contributed by atoms with Crippen molar-refractivity contribution >= 4 is 11.8 Å². The number of nitrogens with one attached hydrogen (secondary N) is 1. The van der Waals surface area contributed by atoms with Gasteiger partial charge in [-0.05, 0) is 55.2 Å². The molecule has 1 aliphatic carbocycles. The quantitative estimate of drug-likeness (QED) is 0.641. The summed E-state index contributed by atoms with van der Waals surface area (Å²) in [6.45, 7) is 1.89. The van der Waals surface area contributed by atoms with Gasteiger partial charge in [0.15, 0.2) is 17.3 Å². The molecule has 0 amide bonds. The summed E-state index contributed by atoms with van der Waals surface area (Å²) in [5.41, 5.74) is 3.85. The Morgan fingerprint density at radius 3 is 2.52 bits per heavy atom. The van der Waals surface area contributed by atoms with Gasteiger partial charge in [-0.1, -0.05) is 18.2 Å². The van der Waals surface area contributed by atoms with E-state index in [1.54, 1.807) is 37.4 Å². The average molecular weight is 450 g/mol. The second kappa shape index (κ2) is 9.40. The Kier molecular flexibility index (Phi) is 6.40. The summed E-state index contributed by atoms with van der Waals surface area (Å²) >= 11 is 0. The number of hydrogen-bond acceptors (Lipinski definition) is 7. The number of hydrogen-bond donors (Lipinski definition) is 2. The Morgan fingerprint density at radius 1 is 1.09 bits per heavy atom. The molecule has 0 aromatic heterocycles. The number of esters is 1. The molecule has 4 rings (SSSR count). The van der Waals surface area contributed by atoms with E-state index in [2.05, 4.69) is 5.32 Å². The van der Waals surface area contributed by atoms with Crippen LogP contribution in [0.1, 0.15) is 43.2 Å². The van der Waals surface area contributed by atoms with E-state index in [1.165, 1.54) is 7.11 Å². The molecule has 172 valence electrons. The number of allylic oxidation sites excluding steroid dienone is 3. The Balaban J connectivity index is 1.68. The molecule has 0 fully saturated rings. The number of dihydropyridines is 1. The second-order valence-electron chi connectivity index (χ2n) is 8.12. The van der Waals surface area contributed by atoms with Gasteiger partial charge in [0.05, 0.1) is 19.8 Å². The lowest BCUT2D eigenvalue weighted by atomic mass is 9.75. The van der Waals surface area contributed by atoms with Gasteiger partial charge in [-0.2, -0.15) is 0 Å². The van der Waals surface area contributed by atoms with Crippen molar-refractivity contribution in [2.24, 2.45) is 0 Å². The zero-order valence-electron chi connectivity index (χ0n) is 18.9. The van der Waals surface area contributed by atoms with Crippen LogP contribution >= 0.6 is 0 Å². The summed E-state index contributed by atoms with van der Waals surface area (Å²) in [6.07, 6.45) is 1.91. The molecule has 1 aliphatic heterocycles. The highest BCUT2D eigenvalue weighted by molar-refractivity contribution is 6.03. The number of methoxy groups -OCH3 is 2. The molecule has 0 saturated carbocycles. The molecule has 7 nitrogen and oxygen atoms in total. The van der Waals surface area contributed by atoms with Crippen molar-refractivity contribution in [1.82, 2.24) is 5.32 Å². The molecule has 33 heavy (non-hydrogen) atoms. The fraction of sp³-hybridized carbons (Fsp3) is 0.308. The van der Waals surface area contributed by atoms with Crippen LogP contribution in [-0.4, -0.2) is 31.1 Å². The van der Waals surface area contributed by atoms with Crippen molar-refractivity contribution < 1.29 is 28.9 Å². The first-order valence-electron chi connectivity index (χ1n) is 10.8. The van der Waals surface area contributed by atoms with Gasteiger partial charge in [-0.3, -0.25) is 4.79 Å². The number of Topliss-reactive ketones (excluding diaryl/α,β-unsaturated/α-hetero) is 1. The topological polar surface area (TPSA) is 94.1 Å². The van der Waals surface area contributed by atoms with Gasteiger partial charge in [0.2, 0.25) is 0 Å². The van der Waals surface area contributed by atoms with Crippen LogP contribution < -0.4 is 14.8 Å². The standard InChI is InChI=1S/C26H27NO6/c1-15-23(26(30)33-14-16-7-10-18(31-2)11-8-16)24(17-9-12-22(32-3)21(29)13-17)25-19(27-15)5-4-6-20(25)28/h7-13,24,27,29H,4-6,14H2,1-3H3. The molecule has 7 heteroatoms. The van der Waals surface area contributed by atoms with Gasteiger partial charge in [0.25, 0.3) is 0 Å². The lowest BCUT2D eigenvalue weighted by Gasteiger charge is -2.34. The third kappa shape index (κ3) is 4.44. The lowest BCUT2D eigenvalue weighted by Crippen LogP contribution is -2.34. The second-order valence-corrected chi connectivity index (χ2v) is 8.12. The molecular formula is C26H27NO6. The molecule has 1 heterocycles. The van der Waals surface area contributed by atoms with Gasteiger partial charge >= 0.3 is 5.97 Å². The highest BCUT2D eigenvalue weighted by atomic mass is 16.5. The molecule has 2 N–H and O–H groups in total. The van der Waals surface area contributed by atoms with Gasteiger partial charge in [-0.25, -0.2) is 4.79 Å². The number of aromatic hydroxyl groups is 1. The van der Waals surface area contributed by atoms with Crippen LogP contribution in [-0.2, 0) is 20.9 Å². The molecular weight excluding hydrogens is 422 g/mol. The summed E-state index contributed by atoms with van der Waals surface area (Å²) in [7, 11) is 3.06. The van der Waals surface area contributed by atoms with Crippen molar-refractivity contribution in [2.45, 2.75) is 38.7 Å². The number of phenolic OH excluding ortho intramolecular Hbond substituents is 1. The van der Waals surface area contributed by atoms with Crippen LogP contribution in [0.4, 0.5) is 0 Å². The fourth-order valence-electron chi connectivity index (χ4n) is 4.42. The monoisotopic (exact) mass is 449 g/mol. The molecule has 2 aliphatic rings. The highest BCUT2D eigenvalue weighted by Gasteiger charge is 2.39. The zero-order chi connectivity index (χ0) is 23.5. The van der Waals surface area contributed by atoms with Gasteiger partial charge < -0.3 is 24.6 Å². The zero-order valence-corrected chi connectivity index (χ0v) is 18.9. The minimum atomic E-state index is -0.630. The highest BCUT2D eigenvalue weighted by Crippen LogP contribution is 2.44. The van der Waals surface area contributed by atoms with Gasteiger partial charge in [-0.15, -0.1) is 0 Å². The number of benzene rings is 2. The molecule has 2 aromatic rings. The third-order valence-electron chi connectivity index (χ3n) is 6.06. The number of carbonyl (C=O) groups excluding carboxylic acids is 2. The number of carbonyl (C=O) groups is 2. The maximum Gasteiger partial charge on any atom is 0.337 e. The van der Waals surface area contributed by atoms with Crippen LogP contribution in [0.2, 0.25) is 0 Å². The Labute approximate surface area is 192 Å². The predicted octanol–water partition coefficient (Wildman–Crippen LogP) is 4.12. The predicted molar refractivity (Wildman–Crippen MR) is 122 cm³/mol. The van der Waals surface area contributed by atoms with E-state index in [1.807, 2.05) is 19.1 Å². The van der Waals surface area contributed by atoms with Crippen molar-refractivity contribution in [3.05, 3.63) is 76.1 Å². The van der Waals surface area contributed by atoms with Crippen molar-refractivity contribution in [3.63, 3.8) is 0 Å². The van der Waals surface area contributed by atoms with Crippen LogP contribution in [0.15, 0.2) is 65.0 Å². The lowest BCUT2D eigenvalue weighted by molar-refractivity contribution is -0.140. The van der Waals surface area contributed by atoms with E-state index in [4.69, 9.17) is 14.2 Å². The summed E-state index contributed by atoms with van der Waals surface area (Å²) in [5, 5.41) is 13.6. The van der Waals surface area contributed by atoms with E-state index >= 15 is 0 Å². The number of phenols is 1. The van der Waals surface area contributed by atoms with E-state index in [-0.39, 0.29) is 18.1 Å². The first-order valence-corrected chi connectivity index (χ1v) is 10.8. The maximum absolute atomic E-state index is 13.3. The van der Waals surface area contributed by atoms with Crippen LogP contribution in [0.25, 0.3) is 0 Å². The van der Waals surface area contributed by atoms with Crippen LogP contribution in [0.5, 0.6) is 17.2 Å². The van der Waals surface area contributed by atoms with Crippen molar-refractivity contribution in [3.8, 4) is 17.2 Å². The SMILES string of the molecule is COc1ccc(COC(=O)C2=C(C)NC3=C(C(=O)CCC3)C2c2ccc(OC)c(O)c2)cc1. The molecule has 0 saturated heterocycles. The largest absolute Gasteiger partial charge is 0.504 e. The van der Waals surface area contributed by atoms with E-state index in [0.717, 1.165) is 29.9 Å². The van der Waals surface area contributed by atoms with Gasteiger partial charge in [0, 0.05) is 29.3 Å². The smallest absolute Gasteiger partial charge is 0.337 e. The fourth-order valence-corrected chi connectivity index (χ4v) is 4.42. The third-order valence-corrected chi connectivity index (χ3v) is 6.06. The Hall–Kier alpha value is -3.74. The minimum Gasteiger partial charge on any atom is -0.504 e. The summed E-state index contributed by atoms with van der Waals surface area (Å²) in [6, 6.07) is 12.2. The maximum atomic E-state index is 13.3. The first-order chi connectivity index (χ1) is 15.9. The van der Waals surface area contributed by atoms with E-state index in [9.17, 15) is 14.7 Å². The van der Waals surface area contributed by atoms with Crippen molar-refractivity contribution in [1.29, 1.82) is 0 Å².